The number of anilines is 2. The van der Waals surface area contributed by atoms with Gasteiger partial charge in [0.25, 0.3) is 0 Å². The van der Waals surface area contributed by atoms with Crippen molar-refractivity contribution >= 4 is 33.7 Å². The molecular formula is C39H52N14. The van der Waals surface area contributed by atoms with E-state index >= 15 is 0 Å². The van der Waals surface area contributed by atoms with Gasteiger partial charge in [-0.25, -0.2) is 19.9 Å². The molecule has 14 heteroatoms. The number of hydrogen-bond acceptors (Lipinski definition) is 12. The first-order valence-electron chi connectivity index (χ1n) is 19.3. The molecule has 2 fully saturated rings. The average Bonchev–Trinajstić information content (AvgIpc) is 3.92. The number of hydrogen-bond donors (Lipinski definition) is 4. The Morgan fingerprint density at radius 1 is 0.698 bits per heavy atom. The molecule has 0 radical (unpaired) electrons. The minimum absolute atomic E-state index is 0.422. The zero-order valence-electron chi connectivity index (χ0n) is 31.2. The van der Waals surface area contributed by atoms with Crippen molar-refractivity contribution in [2.24, 2.45) is 11.8 Å². The van der Waals surface area contributed by atoms with Gasteiger partial charge in [0.15, 0.2) is 11.6 Å². The number of piperidine rings is 2. The topological polar surface area (TPSA) is 161 Å². The van der Waals surface area contributed by atoms with E-state index in [1.807, 2.05) is 35.4 Å². The molecule has 8 heterocycles. The molecule has 2 atom stereocenters. The highest BCUT2D eigenvalue weighted by Gasteiger charge is 2.18. The number of aryl methyl sites for hydroxylation is 1. The highest BCUT2D eigenvalue weighted by molar-refractivity contribution is 5.89. The molecule has 0 unspecified atom stereocenters. The van der Waals surface area contributed by atoms with Gasteiger partial charge in [-0.2, -0.15) is 10.2 Å². The molecule has 53 heavy (non-hydrogen) atoms. The predicted octanol–water partition coefficient (Wildman–Crippen LogP) is 5.98. The Bertz CT molecular complexity index is 2060. The van der Waals surface area contributed by atoms with Crippen molar-refractivity contribution in [1.29, 1.82) is 0 Å². The molecule has 278 valence electrons. The van der Waals surface area contributed by atoms with Crippen LogP contribution in [0.15, 0.2) is 61.7 Å². The van der Waals surface area contributed by atoms with Crippen LogP contribution in [0.4, 0.5) is 11.6 Å². The van der Waals surface area contributed by atoms with Gasteiger partial charge in [0.1, 0.15) is 11.0 Å². The van der Waals surface area contributed by atoms with Crippen molar-refractivity contribution in [3.8, 4) is 22.5 Å². The van der Waals surface area contributed by atoms with Crippen molar-refractivity contribution in [3.63, 3.8) is 0 Å². The minimum Gasteiger partial charge on any atom is -0.368 e. The number of rotatable bonds is 12. The third kappa shape index (κ3) is 8.94. The summed E-state index contributed by atoms with van der Waals surface area (Å²) >= 11 is 0. The summed E-state index contributed by atoms with van der Waals surface area (Å²) in [4.78, 5) is 27.7. The molecule has 2 aliphatic heterocycles. The van der Waals surface area contributed by atoms with Gasteiger partial charge in [-0.1, -0.05) is 13.8 Å². The molecule has 8 rings (SSSR count). The summed E-state index contributed by atoms with van der Waals surface area (Å²) in [7, 11) is 0. The second kappa shape index (κ2) is 17.6. The second-order valence-corrected chi connectivity index (χ2v) is 14.0. The van der Waals surface area contributed by atoms with Crippen molar-refractivity contribution in [3.05, 3.63) is 61.7 Å². The molecule has 4 N–H and O–H groups in total. The van der Waals surface area contributed by atoms with E-state index in [9.17, 15) is 0 Å². The van der Waals surface area contributed by atoms with Crippen molar-refractivity contribution < 1.29 is 0 Å². The number of aromatic nitrogens is 10. The van der Waals surface area contributed by atoms with Crippen molar-refractivity contribution in [1.82, 2.24) is 60.1 Å². The van der Waals surface area contributed by atoms with E-state index in [2.05, 4.69) is 83.1 Å². The molecule has 2 saturated heterocycles. The van der Waals surface area contributed by atoms with Crippen molar-refractivity contribution in [2.75, 3.05) is 49.9 Å². The molecule has 0 aliphatic carbocycles. The monoisotopic (exact) mass is 716 g/mol. The summed E-state index contributed by atoms with van der Waals surface area (Å²) in [6.45, 7) is 13.4. The molecule has 6 aromatic rings. The van der Waals surface area contributed by atoms with Crippen LogP contribution < -0.4 is 21.3 Å². The van der Waals surface area contributed by atoms with Crippen LogP contribution in [0.5, 0.6) is 0 Å². The zero-order valence-corrected chi connectivity index (χ0v) is 31.2. The Labute approximate surface area is 311 Å². The molecular weight excluding hydrogens is 665 g/mol. The maximum Gasteiger partial charge on any atom is 0.154 e. The number of fused-ring (bicyclic) bond motifs is 2. The van der Waals surface area contributed by atoms with Crippen LogP contribution in [0.3, 0.4) is 0 Å². The fourth-order valence-electron chi connectivity index (χ4n) is 7.17. The van der Waals surface area contributed by atoms with Crippen LogP contribution in [0, 0.1) is 11.8 Å². The van der Waals surface area contributed by atoms with E-state index < -0.39 is 0 Å². The zero-order chi connectivity index (χ0) is 36.4. The quantitative estimate of drug-likeness (QED) is 0.117. The van der Waals surface area contributed by atoms with Crippen LogP contribution in [0.1, 0.15) is 65.3 Å². The Balaban J connectivity index is 0.000000165. The van der Waals surface area contributed by atoms with Gasteiger partial charge in [0, 0.05) is 67.9 Å². The summed E-state index contributed by atoms with van der Waals surface area (Å²) in [6.07, 6.45) is 21.8. The summed E-state index contributed by atoms with van der Waals surface area (Å²) < 4.78 is 3.96. The van der Waals surface area contributed by atoms with Gasteiger partial charge in [-0.3, -0.25) is 19.3 Å². The maximum atomic E-state index is 4.89. The fraction of sp³-hybridized carbons (Fsp3) is 0.487. The van der Waals surface area contributed by atoms with E-state index in [1.165, 1.54) is 25.7 Å². The number of nitrogens with zero attached hydrogens (tertiary/aromatic N) is 10. The third-order valence-electron chi connectivity index (χ3n) is 10.3. The number of nitrogens with one attached hydrogen (secondary N) is 4. The van der Waals surface area contributed by atoms with Crippen LogP contribution in [0.2, 0.25) is 0 Å². The lowest BCUT2D eigenvalue weighted by molar-refractivity contribution is 0.392. The highest BCUT2D eigenvalue weighted by atomic mass is 15.3. The van der Waals surface area contributed by atoms with E-state index in [1.54, 1.807) is 24.8 Å². The molecule has 0 amide bonds. The highest BCUT2D eigenvalue weighted by Crippen LogP contribution is 2.28. The summed E-state index contributed by atoms with van der Waals surface area (Å²) in [6, 6.07) is 4.40. The number of pyridine rings is 2. The van der Waals surface area contributed by atoms with E-state index in [-0.39, 0.29) is 0 Å². The van der Waals surface area contributed by atoms with Crippen molar-refractivity contribution in [2.45, 2.75) is 71.9 Å². The second-order valence-electron chi connectivity index (χ2n) is 14.0. The molecule has 0 spiro atoms. The van der Waals surface area contributed by atoms with Crippen LogP contribution in [-0.2, 0) is 6.54 Å². The predicted molar refractivity (Wildman–Crippen MR) is 211 cm³/mol. The maximum absolute atomic E-state index is 4.89. The Morgan fingerprint density at radius 3 is 1.72 bits per heavy atom. The first-order chi connectivity index (χ1) is 26.1. The lowest BCUT2D eigenvalue weighted by Crippen LogP contribution is -2.33. The molecule has 2 aliphatic rings. The summed E-state index contributed by atoms with van der Waals surface area (Å²) in [5.41, 5.74) is 7.11. The molecule has 6 aromatic heterocycles. The van der Waals surface area contributed by atoms with Gasteiger partial charge < -0.3 is 21.3 Å². The van der Waals surface area contributed by atoms with E-state index in [0.29, 0.717) is 17.9 Å². The van der Waals surface area contributed by atoms with Gasteiger partial charge in [0.05, 0.1) is 40.9 Å². The molecule has 0 aromatic carbocycles. The summed E-state index contributed by atoms with van der Waals surface area (Å²) in [5.74, 6) is 2.84. The smallest absolute Gasteiger partial charge is 0.154 e. The molecule has 0 bridgehead atoms. The molecule has 14 nitrogen and oxygen atoms in total. The SMILES string of the molecule is CCC(CC)n1cc(-c2cc3nccnc3c(NC[C@H]3CCCNC3)n2)cn1.CCn1cc(-c2cc3nccnc3c(NC[C@H]3CCCNC3)n2)cn1. The largest absolute Gasteiger partial charge is 0.368 e. The van der Waals surface area contributed by atoms with Crippen LogP contribution in [-0.4, -0.2) is 88.7 Å². The average molecular weight is 717 g/mol. The lowest BCUT2D eigenvalue weighted by Gasteiger charge is -2.23. The summed E-state index contributed by atoms with van der Waals surface area (Å²) in [5, 5.41) is 22.9. The first-order valence-corrected chi connectivity index (χ1v) is 19.3. The van der Waals surface area contributed by atoms with E-state index in [4.69, 9.17) is 9.97 Å². The molecule has 0 saturated carbocycles. The van der Waals surface area contributed by atoms with Gasteiger partial charge in [-0.05, 0) is 95.6 Å². The Kier molecular flexibility index (Phi) is 12.1. The third-order valence-corrected chi connectivity index (χ3v) is 10.3. The standard InChI is InChI=1S/C21H29N7.C18H23N7/c1-3-17(4-2)28-14-16(13-26-28)18-10-19-20(24-9-8-23-19)21(27-18)25-12-15-6-5-7-22-11-15;1-2-25-12-14(11-23-25)15-8-16-17(21-7-6-20-16)18(24-15)22-10-13-4-3-5-19-9-13/h8-10,13-15,17,22H,3-7,11-12H2,1-2H3,(H,25,27);6-8,11-13,19H,2-5,9-10H2,1H3,(H,22,24)/t15-;13-/m00/s1. The minimum atomic E-state index is 0.422. The van der Waals surface area contributed by atoms with Gasteiger partial charge in [-0.15, -0.1) is 0 Å². The van der Waals surface area contributed by atoms with Crippen LogP contribution in [0.25, 0.3) is 44.6 Å². The van der Waals surface area contributed by atoms with Crippen LogP contribution >= 0.6 is 0 Å². The Morgan fingerprint density at radius 2 is 1.23 bits per heavy atom. The Hall–Kier alpha value is -5.08. The normalized spacial score (nSPS) is 17.5. The van der Waals surface area contributed by atoms with E-state index in [0.717, 1.165) is 115 Å². The fourth-order valence-corrected chi connectivity index (χ4v) is 7.17. The lowest BCUT2D eigenvalue weighted by atomic mass is 10.00. The van der Waals surface area contributed by atoms with Gasteiger partial charge in [0.2, 0.25) is 0 Å². The first kappa shape index (κ1) is 36.3. The van der Waals surface area contributed by atoms with Gasteiger partial charge >= 0.3 is 0 Å².